The molecule has 1 atom stereocenters. The van der Waals surface area contributed by atoms with E-state index in [1.165, 1.54) is 10.8 Å². The van der Waals surface area contributed by atoms with E-state index in [1.807, 2.05) is 63.2 Å². The predicted molar refractivity (Wildman–Crippen MR) is 130 cm³/mol. The molecular formula is C28H26N2O2. The van der Waals surface area contributed by atoms with Gasteiger partial charge in [-0.15, -0.1) is 0 Å². The Morgan fingerprint density at radius 2 is 1.44 bits per heavy atom. The SMILES string of the molecule is CC(C)(C)OOC1c2ccccc2N=C(c2ccc3ccccc3c2)N1c1ccccc1. The molecule has 4 nitrogen and oxygen atoms in total. The number of rotatable bonds is 4. The van der Waals surface area contributed by atoms with Crippen LogP contribution < -0.4 is 4.90 Å². The molecule has 0 spiro atoms. The van der Waals surface area contributed by atoms with Crippen LogP contribution in [0.3, 0.4) is 0 Å². The van der Waals surface area contributed by atoms with E-state index in [4.69, 9.17) is 14.8 Å². The third-order valence-corrected chi connectivity index (χ3v) is 5.32. The Morgan fingerprint density at radius 3 is 2.22 bits per heavy atom. The van der Waals surface area contributed by atoms with Crippen LogP contribution in [0.25, 0.3) is 10.8 Å². The number of nitrogens with zero attached hydrogens (tertiary/aromatic N) is 2. The van der Waals surface area contributed by atoms with E-state index in [2.05, 4.69) is 59.5 Å². The second kappa shape index (κ2) is 8.23. The second-order valence-electron chi connectivity index (χ2n) is 8.91. The van der Waals surface area contributed by atoms with Crippen molar-refractivity contribution in [2.24, 2.45) is 4.99 Å². The van der Waals surface area contributed by atoms with Crippen LogP contribution in [-0.4, -0.2) is 11.4 Å². The topological polar surface area (TPSA) is 34.1 Å². The summed E-state index contributed by atoms with van der Waals surface area (Å²) in [5.74, 6) is 0.822. The van der Waals surface area contributed by atoms with Gasteiger partial charge < -0.3 is 0 Å². The van der Waals surface area contributed by atoms with E-state index in [9.17, 15) is 0 Å². The molecule has 0 aliphatic carbocycles. The number of hydrogen-bond donors (Lipinski definition) is 0. The van der Waals surface area contributed by atoms with Gasteiger partial charge >= 0.3 is 0 Å². The van der Waals surface area contributed by atoms with E-state index in [0.717, 1.165) is 28.3 Å². The van der Waals surface area contributed by atoms with Gasteiger partial charge in [-0.05, 0) is 55.8 Å². The molecule has 0 radical (unpaired) electrons. The van der Waals surface area contributed by atoms with Gasteiger partial charge in [-0.2, -0.15) is 0 Å². The van der Waals surface area contributed by atoms with Crippen molar-refractivity contribution in [3.8, 4) is 0 Å². The maximum atomic E-state index is 6.13. The molecule has 4 aromatic carbocycles. The Hall–Kier alpha value is -3.47. The van der Waals surface area contributed by atoms with Crippen molar-refractivity contribution >= 4 is 28.0 Å². The normalized spacial score (nSPS) is 16.0. The Labute approximate surface area is 188 Å². The first-order valence-electron chi connectivity index (χ1n) is 10.9. The van der Waals surface area contributed by atoms with Crippen LogP contribution >= 0.6 is 0 Å². The first-order chi connectivity index (χ1) is 15.5. The summed E-state index contributed by atoms with van der Waals surface area (Å²) in [4.78, 5) is 19.2. The van der Waals surface area contributed by atoms with Crippen LogP contribution in [0.5, 0.6) is 0 Å². The average Bonchev–Trinajstić information content (AvgIpc) is 2.81. The standard InChI is InChI=1S/C28H26N2O2/c1-28(2,3)32-31-27-24-15-9-10-16-25(24)29-26(30(27)23-13-5-4-6-14-23)22-18-17-20-11-7-8-12-21(20)19-22/h4-19,27H,1-3H3. The van der Waals surface area contributed by atoms with Crippen molar-refractivity contribution in [3.05, 3.63) is 108 Å². The predicted octanol–water partition coefficient (Wildman–Crippen LogP) is 7.18. The van der Waals surface area contributed by atoms with Crippen molar-refractivity contribution in [1.29, 1.82) is 0 Å². The summed E-state index contributed by atoms with van der Waals surface area (Å²) >= 11 is 0. The molecule has 1 unspecified atom stereocenters. The highest BCUT2D eigenvalue weighted by atomic mass is 17.2. The largest absolute Gasteiger partial charge is 0.293 e. The number of hydrogen-bond acceptors (Lipinski definition) is 4. The molecule has 0 saturated carbocycles. The van der Waals surface area contributed by atoms with Crippen LogP contribution in [0.1, 0.15) is 38.1 Å². The van der Waals surface area contributed by atoms with Crippen LogP contribution in [0.4, 0.5) is 11.4 Å². The monoisotopic (exact) mass is 422 g/mol. The lowest BCUT2D eigenvalue weighted by Gasteiger charge is -2.38. The lowest BCUT2D eigenvalue weighted by molar-refractivity contribution is -0.374. The van der Waals surface area contributed by atoms with Gasteiger partial charge in [-0.1, -0.05) is 72.8 Å². The molecule has 160 valence electrons. The summed E-state index contributed by atoms with van der Waals surface area (Å²) in [7, 11) is 0. The molecule has 4 aromatic rings. The lowest BCUT2D eigenvalue weighted by Crippen LogP contribution is -2.40. The molecular weight excluding hydrogens is 396 g/mol. The van der Waals surface area contributed by atoms with E-state index < -0.39 is 11.8 Å². The quantitative estimate of drug-likeness (QED) is 0.258. The number of benzene rings is 4. The number of para-hydroxylation sites is 2. The first kappa shape index (κ1) is 20.4. The molecule has 0 aromatic heterocycles. The molecule has 0 amide bonds. The first-order valence-corrected chi connectivity index (χ1v) is 10.9. The van der Waals surface area contributed by atoms with E-state index in [-0.39, 0.29) is 0 Å². The zero-order valence-corrected chi connectivity index (χ0v) is 18.5. The average molecular weight is 423 g/mol. The highest BCUT2D eigenvalue weighted by molar-refractivity contribution is 6.13. The zero-order valence-electron chi connectivity index (χ0n) is 18.5. The fourth-order valence-electron chi connectivity index (χ4n) is 3.88. The van der Waals surface area contributed by atoms with Crippen LogP contribution in [0, 0.1) is 0 Å². The summed E-state index contributed by atoms with van der Waals surface area (Å²) < 4.78 is 0. The Morgan fingerprint density at radius 1 is 0.750 bits per heavy atom. The van der Waals surface area contributed by atoms with E-state index >= 15 is 0 Å². The Kier molecular flexibility index (Phi) is 5.25. The van der Waals surface area contributed by atoms with Crippen molar-refractivity contribution in [3.63, 3.8) is 0 Å². The molecule has 0 fully saturated rings. The fourth-order valence-corrected chi connectivity index (χ4v) is 3.88. The Balaban J connectivity index is 1.69. The molecule has 1 heterocycles. The van der Waals surface area contributed by atoms with Gasteiger partial charge in [0.25, 0.3) is 0 Å². The molecule has 0 N–H and O–H groups in total. The van der Waals surface area contributed by atoms with Gasteiger partial charge in [0.05, 0.1) is 11.3 Å². The number of anilines is 1. The molecule has 1 aliphatic rings. The summed E-state index contributed by atoms with van der Waals surface area (Å²) in [6, 6.07) is 33.1. The second-order valence-corrected chi connectivity index (χ2v) is 8.91. The molecule has 0 bridgehead atoms. The van der Waals surface area contributed by atoms with Gasteiger partial charge in [-0.25, -0.2) is 14.8 Å². The van der Waals surface area contributed by atoms with Gasteiger partial charge in [-0.3, -0.25) is 4.90 Å². The van der Waals surface area contributed by atoms with Crippen LogP contribution in [-0.2, 0) is 9.78 Å². The van der Waals surface area contributed by atoms with Crippen molar-refractivity contribution < 1.29 is 9.78 Å². The summed E-state index contributed by atoms with van der Waals surface area (Å²) in [5.41, 5.74) is 3.40. The van der Waals surface area contributed by atoms with Crippen LogP contribution in [0.15, 0.2) is 102 Å². The van der Waals surface area contributed by atoms with E-state index in [0.29, 0.717) is 0 Å². The minimum absolute atomic E-state index is 0.449. The van der Waals surface area contributed by atoms with Gasteiger partial charge in [0.15, 0.2) is 6.23 Å². The lowest BCUT2D eigenvalue weighted by atomic mass is 10.0. The highest BCUT2D eigenvalue weighted by Crippen LogP contribution is 2.40. The number of aliphatic imine (C=N–C) groups is 1. The molecule has 0 saturated heterocycles. The van der Waals surface area contributed by atoms with Gasteiger partial charge in [0, 0.05) is 16.8 Å². The van der Waals surface area contributed by atoms with E-state index in [1.54, 1.807) is 0 Å². The summed E-state index contributed by atoms with van der Waals surface area (Å²) in [6.07, 6.45) is -0.480. The zero-order chi connectivity index (χ0) is 22.1. The maximum absolute atomic E-state index is 6.13. The Bertz CT molecular complexity index is 1280. The number of amidine groups is 1. The van der Waals surface area contributed by atoms with Crippen molar-refractivity contribution in [1.82, 2.24) is 0 Å². The molecule has 4 heteroatoms. The maximum Gasteiger partial charge on any atom is 0.198 e. The smallest absolute Gasteiger partial charge is 0.198 e. The third kappa shape index (κ3) is 4.03. The van der Waals surface area contributed by atoms with Gasteiger partial charge in [0.2, 0.25) is 0 Å². The third-order valence-electron chi connectivity index (χ3n) is 5.32. The minimum Gasteiger partial charge on any atom is -0.293 e. The highest BCUT2D eigenvalue weighted by Gasteiger charge is 2.34. The molecule has 32 heavy (non-hydrogen) atoms. The van der Waals surface area contributed by atoms with Crippen molar-refractivity contribution in [2.75, 3.05) is 4.90 Å². The molecule has 5 rings (SSSR count). The summed E-state index contributed by atoms with van der Waals surface area (Å²) in [5, 5.41) is 2.37. The fraction of sp³-hybridized carbons (Fsp3) is 0.179. The van der Waals surface area contributed by atoms with Crippen LogP contribution in [0.2, 0.25) is 0 Å². The summed E-state index contributed by atoms with van der Waals surface area (Å²) in [6.45, 7) is 5.94. The number of fused-ring (bicyclic) bond motifs is 2. The van der Waals surface area contributed by atoms with Gasteiger partial charge in [0.1, 0.15) is 5.84 Å². The van der Waals surface area contributed by atoms with Crippen molar-refractivity contribution in [2.45, 2.75) is 32.6 Å². The minimum atomic E-state index is -0.480. The molecule has 1 aliphatic heterocycles.